The molecule has 29 heavy (non-hydrogen) atoms. The van der Waals surface area contributed by atoms with Gasteiger partial charge >= 0.3 is 0 Å². The van der Waals surface area contributed by atoms with E-state index in [1.54, 1.807) is 0 Å². The number of amides is 1. The number of fused-ring (bicyclic) bond motifs is 2. The van der Waals surface area contributed by atoms with E-state index in [1.165, 1.54) is 37.7 Å². The second kappa shape index (κ2) is 8.26. The largest absolute Gasteiger partial charge is 0.352 e. The lowest BCUT2D eigenvalue weighted by atomic mass is 9.48. The molecule has 1 saturated heterocycles. The van der Waals surface area contributed by atoms with Crippen molar-refractivity contribution < 1.29 is 4.79 Å². The summed E-state index contributed by atoms with van der Waals surface area (Å²) in [5.41, 5.74) is 1.44. The van der Waals surface area contributed by atoms with Crippen molar-refractivity contribution >= 4 is 5.91 Å². The molecule has 2 atom stereocenters. The molecule has 5 rings (SSSR count). The maximum Gasteiger partial charge on any atom is 0.234 e. The summed E-state index contributed by atoms with van der Waals surface area (Å²) in [5, 5.41) is 13.3. The molecule has 0 radical (unpaired) electrons. The van der Waals surface area contributed by atoms with Crippen molar-refractivity contribution in [2.24, 2.45) is 22.7 Å². The average molecular weight is 396 g/mol. The van der Waals surface area contributed by atoms with Gasteiger partial charge < -0.3 is 5.32 Å². The lowest BCUT2D eigenvalue weighted by Crippen LogP contribution is -2.60. The van der Waals surface area contributed by atoms with E-state index >= 15 is 0 Å². The number of allylic oxidation sites excluding steroid dienone is 4. The molecule has 158 valence electrons. The molecule has 1 N–H and O–H groups in total. The molecule has 3 saturated carbocycles. The van der Waals surface area contributed by atoms with Crippen molar-refractivity contribution in [3.63, 3.8) is 0 Å². The fraction of sp³-hybridized carbons (Fsp3) is 0.760. The van der Waals surface area contributed by atoms with Crippen molar-refractivity contribution in [1.29, 1.82) is 5.26 Å². The topological polar surface area (TPSA) is 56.1 Å². The predicted molar refractivity (Wildman–Crippen MR) is 116 cm³/mol. The zero-order valence-electron chi connectivity index (χ0n) is 18.3. The Morgan fingerprint density at radius 2 is 2.00 bits per heavy atom. The number of nitrogens with one attached hydrogen (secondary N) is 1. The molecular formula is C25H37N3O. The van der Waals surface area contributed by atoms with Crippen LogP contribution in [0.15, 0.2) is 23.8 Å². The molecule has 5 aliphatic rings. The SMILES string of the molecule is CCC1CC2(CC)CC(C2)C1NC(=O)CN1CCC(C#N)(C2=CCCC=C2)CC1. The molecule has 2 unspecified atom stereocenters. The third-order valence-corrected chi connectivity index (χ3v) is 8.54. The van der Waals surface area contributed by atoms with Crippen LogP contribution in [0.3, 0.4) is 0 Å². The zero-order valence-corrected chi connectivity index (χ0v) is 18.3. The summed E-state index contributed by atoms with van der Waals surface area (Å²) in [6.07, 6.45) is 16.7. The molecule has 0 spiro atoms. The predicted octanol–water partition coefficient (Wildman–Crippen LogP) is 4.59. The summed E-state index contributed by atoms with van der Waals surface area (Å²) in [6, 6.07) is 2.99. The molecule has 0 aromatic carbocycles. The van der Waals surface area contributed by atoms with Crippen LogP contribution in [0, 0.1) is 34.0 Å². The quantitative estimate of drug-likeness (QED) is 0.716. The number of likely N-dealkylation sites (tertiary alicyclic amines) is 1. The molecule has 2 bridgehead atoms. The minimum absolute atomic E-state index is 0.186. The number of carbonyl (C=O) groups excluding carboxylic acids is 1. The third kappa shape index (κ3) is 3.91. The Hall–Kier alpha value is -1.60. The number of rotatable bonds is 6. The Labute approximate surface area is 176 Å². The van der Waals surface area contributed by atoms with Gasteiger partial charge in [0.25, 0.3) is 0 Å². The van der Waals surface area contributed by atoms with Crippen molar-refractivity contribution in [2.75, 3.05) is 19.6 Å². The molecule has 0 aromatic heterocycles. The van der Waals surface area contributed by atoms with Crippen LogP contribution < -0.4 is 5.32 Å². The van der Waals surface area contributed by atoms with E-state index in [2.05, 4.69) is 48.4 Å². The highest BCUT2D eigenvalue weighted by Crippen LogP contribution is 2.59. The smallest absolute Gasteiger partial charge is 0.234 e. The van der Waals surface area contributed by atoms with Gasteiger partial charge in [-0.2, -0.15) is 5.26 Å². The van der Waals surface area contributed by atoms with Crippen LogP contribution in [0.4, 0.5) is 0 Å². The van der Waals surface area contributed by atoms with E-state index in [-0.39, 0.29) is 11.3 Å². The highest BCUT2D eigenvalue weighted by molar-refractivity contribution is 5.78. The van der Waals surface area contributed by atoms with Gasteiger partial charge in [0.05, 0.1) is 18.0 Å². The molecule has 1 heterocycles. The molecule has 0 aromatic rings. The van der Waals surface area contributed by atoms with Gasteiger partial charge in [0.15, 0.2) is 0 Å². The maximum absolute atomic E-state index is 12.8. The first-order valence-corrected chi connectivity index (χ1v) is 11.8. The van der Waals surface area contributed by atoms with Crippen LogP contribution >= 0.6 is 0 Å². The maximum atomic E-state index is 12.8. The van der Waals surface area contributed by atoms with E-state index in [0.29, 0.717) is 29.8 Å². The molecule has 1 amide bonds. The minimum atomic E-state index is -0.351. The number of hydrogen-bond donors (Lipinski definition) is 1. The Bertz CT molecular complexity index is 717. The molecule has 4 aliphatic carbocycles. The van der Waals surface area contributed by atoms with E-state index in [1.807, 2.05) is 0 Å². The second-order valence-corrected chi connectivity index (χ2v) is 10.1. The van der Waals surface area contributed by atoms with E-state index in [9.17, 15) is 10.1 Å². The Morgan fingerprint density at radius 3 is 2.59 bits per heavy atom. The van der Waals surface area contributed by atoms with Gasteiger partial charge in [-0.05, 0) is 67.8 Å². The fourth-order valence-electron chi connectivity index (χ4n) is 6.57. The van der Waals surface area contributed by atoms with Gasteiger partial charge in [-0.15, -0.1) is 0 Å². The lowest BCUT2D eigenvalue weighted by molar-refractivity contribution is -0.129. The Balaban J connectivity index is 1.30. The van der Waals surface area contributed by atoms with Crippen LogP contribution in [0.1, 0.15) is 71.6 Å². The minimum Gasteiger partial charge on any atom is -0.352 e. The number of nitrogens with zero attached hydrogens (tertiary/aromatic N) is 2. The van der Waals surface area contributed by atoms with Crippen LogP contribution in [0.25, 0.3) is 0 Å². The van der Waals surface area contributed by atoms with E-state index in [4.69, 9.17) is 0 Å². The van der Waals surface area contributed by atoms with Gasteiger partial charge in [0.1, 0.15) is 0 Å². The summed E-state index contributed by atoms with van der Waals surface area (Å²) in [4.78, 5) is 15.1. The van der Waals surface area contributed by atoms with Gasteiger partial charge in [0.2, 0.25) is 5.91 Å². The summed E-state index contributed by atoms with van der Waals surface area (Å²) >= 11 is 0. The van der Waals surface area contributed by atoms with Gasteiger partial charge in [-0.1, -0.05) is 44.9 Å². The summed E-state index contributed by atoms with van der Waals surface area (Å²) < 4.78 is 0. The number of nitriles is 1. The molecule has 4 nitrogen and oxygen atoms in total. The normalized spacial score (nSPS) is 35.9. The second-order valence-electron chi connectivity index (χ2n) is 10.1. The van der Waals surface area contributed by atoms with Crippen LogP contribution in [-0.4, -0.2) is 36.5 Å². The Morgan fingerprint density at radius 1 is 1.24 bits per heavy atom. The first kappa shape index (κ1) is 20.7. The monoisotopic (exact) mass is 395 g/mol. The summed E-state index contributed by atoms with van der Waals surface area (Å²) in [5.74, 6) is 1.52. The third-order valence-electron chi connectivity index (χ3n) is 8.54. The highest BCUT2D eigenvalue weighted by Gasteiger charge is 2.54. The zero-order chi connectivity index (χ0) is 20.5. The van der Waals surface area contributed by atoms with Crippen LogP contribution in [0.2, 0.25) is 0 Å². The van der Waals surface area contributed by atoms with Crippen LogP contribution in [0.5, 0.6) is 0 Å². The molecule has 1 aliphatic heterocycles. The van der Waals surface area contributed by atoms with Crippen molar-refractivity contribution in [3.05, 3.63) is 23.8 Å². The molecule has 4 fully saturated rings. The van der Waals surface area contributed by atoms with Gasteiger partial charge in [0, 0.05) is 19.1 Å². The van der Waals surface area contributed by atoms with Crippen molar-refractivity contribution in [1.82, 2.24) is 10.2 Å². The van der Waals surface area contributed by atoms with Crippen LogP contribution in [-0.2, 0) is 4.79 Å². The first-order chi connectivity index (χ1) is 14.0. The van der Waals surface area contributed by atoms with Crippen molar-refractivity contribution in [3.8, 4) is 6.07 Å². The number of carbonyl (C=O) groups is 1. The Kier molecular flexibility index (Phi) is 5.89. The van der Waals surface area contributed by atoms with Gasteiger partial charge in [-0.25, -0.2) is 0 Å². The van der Waals surface area contributed by atoms with Crippen molar-refractivity contribution in [2.45, 2.75) is 77.7 Å². The lowest BCUT2D eigenvalue weighted by Gasteiger charge is -2.59. The standard InChI is InChI=1S/C25H37N3O/c1-3-19-14-24(4-2)15-20(16-24)23(19)27-22(29)17-28-12-10-25(18-26,11-13-28)21-8-6-5-7-9-21/h6,8-9,19-20,23H,3-5,7,10-17H2,1-2H3,(H,27,29). The average Bonchev–Trinajstić information content (AvgIpc) is 2.74. The summed E-state index contributed by atoms with van der Waals surface area (Å²) in [6.45, 7) is 6.75. The van der Waals surface area contributed by atoms with Gasteiger partial charge in [-0.3, -0.25) is 9.69 Å². The van der Waals surface area contributed by atoms with E-state index in [0.717, 1.165) is 38.8 Å². The molecular weight excluding hydrogens is 358 g/mol. The first-order valence-electron chi connectivity index (χ1n) is 11.8. The number of hydrogen-bond acceptors (Lipinski definition) is 3. The molecule has 4 heteroatoms. The number of piperidine rings is 1. The fourth-order valence-corrected chi connectivity index (χ4v) is 6.57. The van der Waals surface area contributed by atoms with E-state index < -0.39 is 0 Å². The summed E-state index contributed by atoms with van der Waals surface area (Å²) in [7, 11) is 0. The highest BCUT2D eigenvalue weighted by atomic mass is 16.2.